The van der Waals surface area contributed by atoms with Crippen LogP contribution in [0, 0.1) is 12.8 Å². The Hall–Kier alpha value is -3.35. The molecule has 2 amide bonds. The minimum Gasteiger partial charge on any atom is -0.489 e. The molecule has 1 saturated heterocycles. The van der Waals surface area contributed by atoms with Crippen molar-refractivity contribution in [3.05, 3.63) is 108 Å². The number of fused-ring (bicyclic) bond motifs is 2. The van der Waals surface area contributed by atoms with Gasteiger partial charge in [-0.05, 0) is 48.4 Å². The van der Waals surface area contributed by atoms with Gasteiger partial charge >= 0.3 is 11.0 Å². The van der Waals surface area contributed by atoms with Crippen molar-refractivity contribution in [2.75, 3.05) is 4.90 Å². The van der Waals surface area contributed by atoms with Gasteiger partial charge in [-0.2, -0.15) is 13.2 Å². The molecule has 0 saturated carbocycles. The van der Waals surface area contributed by atoms with Gasteiger partial charge in [0, 0.05) is 20.8 Å². The molecule has 3 heterocycles. The topological polar surface area (TPSA) is 79.5 Å². The molecule has 6 nitrogen and oxygen atoms in total. The molecule has 0 aliphatic carbocycles. The number of hydrogen-bond acceptors (Lipinski definition) is 6. The fraction of sp³-hybridized carbons (Fsp3) is 0.207. The number of rotatable bonds is 5. The van der Waals surface area contributed by atoms with Crippen molar-refractivity contribution in [2.45, 2.75) is 35.9 Å². The molecule has 3 atom stereocenters. The minimum atomic E-state index is -4.78. The molecule has 1 fully saturated rings. The Morgan fingerprint density at radius 1 is 1.00 bits per heavy atom. The number of para-hydroxylation sites is 1. The normalized spacial score (nSPS) is 20.2. The number of nitrogens with zero attached hydrogens (tertiary/aromatic N) is 1. The van der Waals surface area contributed by atoms with E-state index in [4.69, 9.17) is 4.74 Å². The number of ether oxygens (including phenoxy) is 1. The molecule has 2 unspecified atom stereocenters. The molecule has 4 aromatic rings. The van der Waals surface area contributed by atoms with E-state index in [-0.39, 0.29) is 11.5 Å². The number of halogens is 4. The second-order valence-corrected chi connectivity index (χ2v) is 12.8. The van der Waals surface area contributed by atoms with Crippen LogP contribution in [0.25, 0.3) is 0 Å². The lowest BCUT2D eigenvalue weighted by Crippen LogP contribution is -2.33. The van der Waals surface area contributed by atoms with Gasteiger partial charge in [-0.3, -0.25) is 14.4 Å². The van der Waals surface area contributed by atoms with Gasteiger partial charge in [0.1, 0.15) is 17.6 Å². The summed E-state index contributed by atoms with van der Waals surface area (Å²) in [6.45, 7) is 2.19. The maximum atomic E-state index is 14.0. The minimum absolute atomic E-state index is 0.227. The summed E-state index contributed by atoms with van der Waals surface area (Å²) >= 11 is 5.40. The quantitative estimate of drug-likeness (QED) is 0.236. The van der Waals surface area contributed by atoms with Crippen molar-refractivity contribution >= 4 is 56.5 Å². The maximum absolute atomic E-state index is 14.0. The molecule has 1 aromatic heterocycles. The highest BCUT2D eigenvalue weighted by Crippen LogP contribution is 2.55. The second kappa shape index (κ2) is 10.5. The Bertz CT molecular complexity index is 1750. The van der Waals surface area contributed by atoms with Crippen LogP contribution in [0.3, 0.4) is 0 Å². The Labute approximate surface area is 248 Å². The van der Waals surface area contributed by atoms with Crippen LogP contribution in [0.1, 0.15) is 33.0 Å². The lowest BCUT2D eigenvalue weighted by atomic mass is 9.82. The van der Waals surface area contributed by atoms with E-state index in [1.165, 1.54) is 12.1 Å². The van der Waals surface area contributed by atoms with Crippen molar-refractivity contribution in [1.82, 2.24) is 4.98 Å². The summed E-state index contributed by atoms with van der Waals surface area (Å²) in [6, 6.07) is 17.6. The number of aromatic amines is 1. The molecule has 2 aliphatic heterocycles. The largest absolute Gasteiger partial charge is 0.489 e. The number of imide groups is 1. The summed E-state index contributed by atoms with van der Waals surface area (Å²) in [5, 5.41) is -0.627. The highest BCUT2D eigenvalue weighted by Gasteiger charge is 2.57. The number of aryl methyl sites for hydroxylation is 1. The lowest BCUT2D eigenvalue weighted by Gasteiger charge is -2.31. The SMILES string of the molecule is Cc1ccccc1COc1ccc(Br)cc1[C@H]1c2sc(=O)[nH]c2SC2C(=O)N(c3ccccc3C(F)(F)F)C(=O)C21. The van der Waals surface area contributed by atoms with Crippen molar-refractivity contribution in [3.8, 4) is 5.75 Å². The Morgan fingerprint density at radius 2 is 1.73 bits per heavy atom. The number of amides is 2. The number of benzene rings is 3. The van der Waals surface area contributed by atoms with E-state index < -0.39 is 46.3 Å². The predicted octanol–water partition coefficient (Wildman–Crippen LogP) is 6.90. The molecular weight excluding hydrogens is 641 g/mol. The number of thiazole rings is 1. The predicted molar refractivity (Wildman–Crippen MR) is 154 cm³/mol. The van der Waals surface area contributed by atoms with Gasteiger partial charge < -0.3 is 9.72 Å². The van der Waals surface area contributed by atoms with Gasteiger partial charge in [0.25, 0.3) is 0 Å². The van der Waals surface area contributed by atoms with Crippen LogP contribution in [-0.2, 0) is 22.4 Å². The van der Waals surface area contributed by atoms with Gasteiger partial charge in [-0.15, -0.1) is 0 Å². The molecular formula is C29H20BrF3N2O4S2. The molecule has 210 valence electrons. The van der Waals surface area contributed by atoms with Gasteiger partial charge in [0.2, 0.25) is 11.8 Å². The number of nitrogens with one attached hydrogen (secondary N) is 1. The Kier molecular flexibility index (Phi) is 7.11. The number of carbonyl (C=O) groups is 2. The van der Waals surface area contributed by atoms with E-state index in [0.29, 0.717) is 30.6 Å². The number of thioether (sulfide) groups is 1. The zero-order valence-corrected chi connectivity index (χ0v) is 24.4. The van der Waals surface area contributed by atoms with Crippen molar-refractivity contribution in [1.29, 1.82) is 0 Å². The highest BCUT2D eigenvalue weighted by molar-refractivity contribution is 9.10. The first kappa shape index (κ1) is 27.8. The molecule has 0 radical (unpaired) electrons. The molecule has 2 aliphatic rings. The van der Waals surface area contributed by atoms with Crippen LogP contribution in [-0.4, -0.2) is 22.0 Å². The first-order chi connectivity index (χ1) is 19.5. The van der Waals surface area contributed by atoms with Crippen molar-refractivity contribution in [3.63, 3.8) is 0 Å². The van der Waals surface area contributed by atoms with E-state index in [2.05, 4.69) is 20.9 Å². The third-order valence-corrected chi connectivity index (χ3v) is 10.1. The molecule has 3 aromatic carbocycles. The molecule has 6 rings (SSSR count). The summed E-state index contributed by atoms with van der Waals surface area (Å²) in [4.78, 5) is 43.8. The summed E-state index contributed by atoms with van der Waals surface area (Å²) in [6.07, 6.45) is -4.78. The van der Waals surface area contributed by atoms with Gasteiger partial charge in [0.15, 0.2) is 0 Å². The van der Waals surface area contributed by atoms with Crippen LogP contribution in [0.4, 0.5) is 18.9 Å². The zero-order valence-electron chi connectivity index (χ0n) is 21.2. The average molecular weight is 662 g/mol. The third kappa shape index (κ3) is 4.91. The van der Waals surface area contributed by atoms with Crippen LogP contribution >= 0.6 is 39.0 Å². The molecule has 0 bridgehead atoms. The molecule has 0 spiro atoms. The van der Waals surface area contributed by atoms with Crippen LogP contribution in [0.5, 0.6) is 5.75 Å². The smallest absolute Gasteiger partial charge is 0.418 e. The number of H-pyrrole nitrogens is 1. The van der Waals surface area contributed by atoms with Crippen molar-refractivity contribution in [2.24, 2.45) is 5.92 Å². The number of hydrogen-bond donors (Lipinski definition) is 1. The Balaban J connectivity index is 1.47. The summed E-state index contributed by atoms with van der Waals surface area (Å²) in [7, 11) is 0. The fourth-order valence-electron chi connectivity index (χ4n) is 5.32. The van der Waals surface area contributed by atoms with Gasteiger partial charge in [-0.1, -0.05) is 75.4 Å². The van der Waals surface area contributed by atoms with Crippen molar-refractivity contribution < 1.29 is 27.5 Å². The van der Waals surface area contributed by atoms with Crippen LogP contribution < -0.4 is 14.5 Å². The molecule has 12 heteroatoms. The van der Waals surface area contributed by atoms with Gasteiger partial charge in [-0.25, -0.2) is 4.90 Å². The first-order valence-electron chi connectivity index (χ1n) is 12.4. The average Bonchev–Trinajstić information content (AvgIpc) is 3.42. The van der Waals surface area contributed by atoms with Crippen LogP contribution in [0.15, 0.2) is 81.0 Å². The summed E-state index contributed by atoms with van der Waals surface area (Å²) in [5.74, 6) is -2.97. The second-order valence-electron chi connectivity index (χ2n) is 9.67. The summed E-state index contributed by atoms with van der Waals surface area (Å²) in [5.41, 5.74) is 0.946. The lowest BCUT2D eigenvalue weighted by molar-refractivity contribution is -0.137. The van der Waals surface area contributed by atoms with Crippen LogP contribution in [0.2, 0.25) is 0 Å². The number of carbonyl (C=O) groups excluding carboxylic acids is 2. The number of aromatic nitrogens is 1. The third-order valence-electron chi connectivity index (χ3n) is 7.23. The monoisotopic (exact) mass is 660 g/mol. The maximum Gasteiger partial charge on any atom is 0.418 e. The zero-order chi connectivity index (χ0) is 29.1. The standard InChI is InChI=1S/C29H20BrF3N2O4S2/c1-14-6-2-3-7-15(14)13-39-20-11-10-16(30)12-17(20)21-22-24(40-25-23(21)41-28(38)34-25)27(37)35(26(22)36)19-9-5-4-8-18(19)29(31,32)33/h2-12,21-22,24H,13H2,1H3,(H,34,38)/t21-,22?,24?/m1/s1. The molecule has 41 heavy (non-hydrogen) atoms. The van der Waals surface area contributed by atoms with E-state index >= 15 is 0 Å². The molecule has 1 N–H and O–H groups in total. The number of alkyl halides is 3. The summed E-state index contributed by atoms with van der Waals surface area (Å²) < 4.78 is 48.7. The van der Waals surface area contributed by atoms with E-state index in [0.717, 1.165) is 46.4 Å². The first-order valence-corrected chi connectivity index (χ1v) is 14.9. The van der Waals surface area contributed by atoms with E-state index in [1.54, 1.807) is 18.2 Å². The number of anilines is 1. The van der Waals surface area contributed by atoms with E-state index in [9.17, 15) is 27.6 Å². The fourth-order valence-corrected chi connectivity index (χ4v) is 8.20. The highest BCUT2D eigenvalue weighted by atomic mass is 79.9. The van der Waals surface area contributed by atoms with E-state index in [1.807, 2.05) is 31.2 Å². The Morgan fingerprint density at radius 3 is 2.49 bits per heavy atom. The van der Waals surface area contributed by atoms with Gasteiger partial charge in [0.05, 0.1) is 22.2 Å².